The highest BCUT2D eigenvalue weighted by atomic mass is 31.2. The van der Waals surface area contributed by atoms with Crippen molar-refractivity contribution in [3.05, 3.63) is 23.1 Å². The first-order chi connectivity index (χ1) is 11.4. The van der Waals surface area contributed by atoms with Crippen LogP contribution in [0.2, 0.25) is 0 Å². The summed E-state index contributed by atoms with van der Waals surface area (Å²) in [5, 5.41) is 3.59. The van der Waals surface area contributed by atoms with Crippen LogP contribution >= 0.6 is 7.82 Å². The third-order valence-electron chi connectivity index (χ3n) is 3.51. The molecule has 128 valence electrons. The predicted molar refractivity (Wildman–Crippen MR) is 79.2 cm³/mol. The first kappa shape index (κ1) is 16.6. The molecule has 1 saturated heterocycles. The van der Waals surface area contributed by atoms with Gasteiger partial charge in [0.1, 0.15) is 18.1 Å². The molecule has 0 aliphatic carbocycles. The standard InChI is InChI=1S/C10H13N8O5P/c11-9-8-10(14-3-13-9)18(4-15-8)7-1-5(16-17-12)6(23-7)2-22-24(19,20)21/h3-7H,1-2H2,(H2,11,13,14)(H2,19,20,21)/t5-,6+,7+/m0/s1. The van der Waals surface area contributed by atoms with Gasteiger partial charge in [-0.2, -0.15) is 0 Å². The Kier molecular flexibility index (Phi) is 4.37. The molecule has 1 aliphatic rings. The van der Waals surface area contributed by atoms with E-state index >= 15 is 0 Å². The van der Waals surface area contributed by atoms with Crippen LogP contribution in [0, 0.1) is 0 Å². The zero-order chi connectivity index (χ0) is 17.3. The number of ether oxygens (including phenoxy) is 1. The van der Waals surface area contributed by atoms with E-state index in [9.17, 15) is 4.57 Å². The van der Waals surface area contributed by atoms with Crippen molar-refractivity contribution in [1.29, 1.82) is 0 Å². The number of hydrogen-bond donors (Lipinski definition) is 3. The second-order valence-electron chi connectivity index (χ2n) is 5.01. The van der Waals surface area contributed by atoms with Gasteiger partial charge >= 0.3 is 7.82 Å². The number of nitrogen functional groups attached to an aromatic ring is 1. The van der Waals surface area contributed by atoms with Gasteiger partial charge in [0.2, 0.25) is 0 Å². The van der Waals surface area contributed by atoms with Crippen molar-refractivity contribution in [3.8, 4) is 0 Å². The average Bonchev–Trinajstić information content (AvgIpc) is 3.09. The number of anilines is 1. The third kappa shape index (κ3) is 3.31. The molecular formula is C10H13N8O5P. The minimum absolute atomic E-state index is 0.213. The van der Waals surface area contributed by atoms with Crippen molar-refractivity contribution >= 4 is 24.8 Å². The second-order valence-corrected chi connectivity index (χ2v) is 6.25. The Morgan fingerprint density at radius 2 is 2.33 bits per heavy atom. The van der Waals surface area contributed by atoms with Crippen molar-refractivity contribution in [2.24, 2.45) is 5.11 Å². The Bertz CT molecular complexity index is 845. The number of nitrogens with zero attached hydrogens (tertiary/aromatic N) is 7. The lowest BCUT2D eigenvalue weighted by Gasteiger charge is -2.16. The van der Waals surface area contributed by atoms with E-state index < -0.39 is 32.8 Å². The zero-order valence-electron chi connectivity index (χ0n) is 12.1. The molecule has 2 aromatic rings. The summed E-state index contributed by atoms with van der Waals surface area (Å²) in [7, 11) is -4.66. The second kappa shape index (κ2) is 6.32. The van der Waals surface area contributed by atoms with Crippen LogP contribution in [0.4, 0.5) is 5.82 Å². The van der Waals surface area contributed by atoms with Crippen LogP contribution < -0.4 is 5.73 Å². The van der Waals surface area contributed by atoms with E-state index in [1.165, 1.54) is 12.7 Å². The van der Waals surface area contributed by atoms with Crippen molar-refractivity contribution in [3.63, 3.8) is 0 Å². The van der Waals surface area contributed by atoms with Crippen LogP contribution in [0.1, 0.15) is 12.6 Å². The van der Waals surface area contributed by atoms with Gasteiger partial charge in [-0.25, -0.2) is 19.5 Å². The number of imidazole rings is 1. The number of fused-ring (bicyclic) bond motifs is 1. The van der Waals surface area contributed by atoms with Gasteiger partial charge in [0, 0.05) is 11.3 Å². The van der Waals surface area contributed by atoms with E-state index in [0.29, 0.717) is 11.2 Å². The van der Waals surface area contributed by atoms with Gasteiger partial charge < -0.3 is 20.3 Å². The van der Waals surface area contributed by atoms with Gasteiger partial charge in [-0.15, -0.1) is 0 Å². The molecule has 0 aromatic carbocycles. The van der Waals surface area contributed by atoms with E-state index in [1.807, 2.05) is 0 Å². The molecule has 14 heteroatoms. The summed E-state index contributed by atoms with van der Waals surface area (Å²) >= 11 is 0. The fourth-order valence-electron chi connectivity index (χ4n) is 2.48. The normalized spacial score (nSPS) is 24.2. The highest BCUT2D eigenvalue weighted by molar-refractivity contribution is 7.46. The van der Waals surface area contributed by atoms with Crippen LogP contribution in [0.15, 0.2) is 17.8 Å². The largest absolute Gasteiger partial charge is 0.469 e. The molecule has 24 heavy (non-hydrogen) atoms. The van der Waals surface area contributed by atoms with Crippen LogP contribution in [0.3, 0.4) is 0 Å². The highest BCUT2D eigenvalue weighted by Gasteiger charge is 2.38. The van der Waals surface area contributed by atoms with Crippen LogP contribution in [-0.2, 0) is 13.8 Å². The van der Waals surface area contributed by atoms with Crippen molar-refractivity contribution in [2.75, 3.05) is 12.3 Å². The van der Waals surface area contributed by atoms with E-state index in [0.717, 1.165) is 0 Å². The molecule has 13 nitrogen and oxygen atoms in total. The third-order valence-corrected chi connectivity index (χ3v) is 3.99. The van der Waals surface area contributed by atoms with Gasteiger partial charge in [0.05, 0.1) is 25.1 Å². The summed E-state index contributed by atoms with van der Waals surface area (Å²) in [6.45, 7) is -0.422. The Morgan fingerprint density at radius 3 is 3.04 bits per heavy atom. The van der Waals surface area contributed by atoms with Crippen LogP contribution in [0.5, 0.6) is 0 Å². The van der Waals surface area contributed by atoms with Gasteiger partial charge in [-0.1, -0.05) is 5.11 Å². The monoisotopic (exact) mass is 356 g/mol. The van der Waals surface area contributed by atoms with Gasteiger partial charge in [0.25, 0.3) is 0 Å². The zero-order valence-corrected chi connectivity index (χ0v) is 13.0. The van der Waals surface area contributed by atoms with Gasteiger partial charge in [-0.3, -0.25) is 9.09 Å². The minimum atomic E-state index is -4.66. The number of aromatic nitrogens is 4. The SMILES string of the molecule is [N-]=[N+]=N[C@H]1C[C@H](n2cnc3c(N)ncnc32)O[C@@H]1COP(=O)(O)O. The summed E-state index contributed by atoms with van der Waals surface area (Å²) in [6, 6.07) is -0.664. The fourth-order valence-corrected chi connectivity index (χ4v) is 2.82. The van der Waals surface area contributed by atoms with E-state index in [1.54, 1.807) is 4.57 Å². The van der Waals surface area contributed by atoms with Crippen LogP contribution in [0.25, 0.3) is 21.6 Å². The average molecular weight is 356 g/mol. The van der Waals surface area contributed by atoms with Gasteiger partial charge in [-0.05, 0) is 5.53 Å². The molecule has 0 unspecified atom stereocenters. The smallest absolute Gasteiger partial charge is 0.382 e. The molecule has 0 radical (unpaired) electrons. The summed E-state index contributed by atoms with van der Waals surface area (Å²) in [5.74, 6) is 0.213. The number of rotatable bonds is 5. The molecule has 1 fully saturated rings. The number of phosphoric acid groups is 1. The van der Waals surface area contributed by atoms with E-state index in [2.05, 4.69) is 29.5 Å². The Labute approximate surface area is 134 Å². The number of hydrogen-bond acceptors (Lipinski definition) is 8. The molecule has 0 amide bonds. The molecule has 3 atom stereocenters. The Morgan fingerprint density at radius 1 is 1.54 bits per heavy atom. The van der Waals surface area contributed by atoms with Crippen molar-refractivity contribution < 1.29 is 23.6 Å². The molecule has 1 aliphatic heterocycles. The first-order valence-corrected chi connectivity index (χ1v) is 8.25. The Hall–Kier alpha value is -2.27. The number of nitrogens with two attached hydrogens (primary N) is 1. The summed E-state index contributed by atoms with van der Waals surface area (Å²) in [4.78, 5) is 32.4. The maximum atomic E-state index is 10.8. The molecule has 0 saturated carbocycles. The van der Waals surface area contributed by atoms with Gasteiger partial charge in [0.15, 0.2) is 11.5 Å². The number of phosphoric ester groups is 1. The lowest BCUT2D eigenvalue weighted by Crippen LogP contribution is -2.24. The number of azide groups is 1. The molecule has 0 bridgehead atoms. The fraction of sp³-hybridized carbons (Fsp3) is 0.500. The predicted octanol–water partition coefficient (Wildman–Crippen LogP) is 0.484. The summed E-state index contributed by atoms with van der Waals surface area (Å²) < 4.78 is 22.6. The molecule has 4 N–H and O–H groups in total. The maximum absolute atomic E-state index is 10.8. The highest BCUT2D eigenvalue weighted by Crippen LogP contribution is 2.39. The maximum Gasteiger partial charge on any atom is 0.469 e. The van der Waals surface area contributed by atoms with Crippen molar-refractivity contribution in [2.45, 2.75) is 24.8 Å². The summed E-state index contributed by atoms with van der Waals surface area (Å²) in [6.07, 6.45) is 1.57. The van der Waals surface area contributed by atoms with E-state index in [4.69, 9.17) is 25.8 Å². The lowest BCUT2D eigenvalue weighted by molar-refractivity contribution is -0.0230. The molecule has 2 aromatic heterocycles. The lowest BCUT2D eigenvalue weighted by atomic mass is 10.1. The molecule has 3 heterocycles. The minimum Gasteiger partial charge on any atom is -0.382 e. The first-order valence-electron chi connectivity index (χ1n) is 6.72. The topological polar surface area (TPSA) is 194 Å². The molecular weight excluding hydrogens is 343 g/mol. The quantitative estimate of drug-likeness (QED) is 0.295. The van der Waals surface area contributed by atoms with Crippen LogP contribution in [-0.4, -0.2) is 48.1 Å². The summed E-state index contributed by atoms with van der Waals surface area (Å²) in [5.41, 5.74) is 15.2. The molecule has 0 spiro atoms. The molecule has 3 rings (SSSR count). The van der Waals surface area contributed by atoms with Crippen molar-refractivity contribution in [1.82, 2.24) is 19.5 Å². The Balaban J connectivity index is 1.85. The van der Waals surface area contributed by atoms with E-state index in [-0.39, 0.29) is 12.2 Å².